The van der Waals surface area contributed by atoms with E-state index < -0.39 is 0 Å². The van der Waals surface area contributed by atoms with Crippen LogP contribution in [0.15, 0.2) is 19.8 Å². The van der Waals surface area contributed by atoms with Crippen LogP contribution in [0, 0.1) is 0 Å². The number of hydrogen-bond acceptors (Lipinski definition) is 2. The predicted molar refractivity (Wildman–Crippen MR) is 52.0 cm³/mol. The third kappa shape index (κ3) is 4.75. The first kappa shape index (κ1) is 11.4. The molecular weight excluding hydrogens is 226 g/mol. The summed E-state index contributed by atoms with van der Waals surface area (Å²) in [6, 6.07) is 0. The Morgan fingerprint density at radius 1 is 1.45 bits per heavy atom. The van der Waals surface area contributed by atoms with E-state index in [-0.39, 0.29) is 0 Å². The molecule has 5 heteroatoms. The molecule has 62 valence electrons. The van der Waals surface area contributed by atoms with Crippen molar-refractivity contribution >= 4 is 52.9 Å². The predicted octanol–water partition coefficient (Wildman–Crippen LogP) is 3.67. The Hall–Kier alpha value is 0.370. The molecule has 11 heavy (non-hydrogen) atoms. The van der Waals surface area contributed by atoms with Crippen LogP contribution in [0.4, 0.5) is 0 Å². The summed E-state index contributed by atoms with van der Waals surface area (Å²) in [5, 5.41) is 0.439. The number of carbonyl (C=O) groups excluding carboxylic acids is 1. The van der Waals surface area contributed by atoms with Crippen molar-refractivity contribution < 1.29 is 4.79 Å². The van der Waals surface area contributed by atoms with Gasteiger partial charge in [0.05, 0.1) is 9.27 Å². The Morgan fingerprint density at radius 3 is 2.27 bits per heavy atom. The van der Waals surface area contributed by atoms with Crippen LogP contribution >= 0.6 is 46.6 Å². The molecule has 0 aromatic carbocycles. The van der Waals surface area contributed by atoms with Crippen molar-refractivity contribution in [2.75, 3.05) is 0 Å². The van der Waals surface area contributed by atoms with E-state index in [0.717, 1.165) is 17.3 Å². The molecule has 0 heterocycles. The smallest absolute Gasteiger partial charge is 0.157 e. The highest BCUT2D eigenvalue weighted by molar-refractivity contribution is 8.09. The second-order valence-corrected chi connectivity index (χ2v) is 4.01. The molecule has 0 spiro atoms. The largest absolute Gasteiger partial charge is 0.297 e. The average Bonchev–Trinajstić information content (AvgIpc) is 1.99. The van der Waals surface area contributed by atoms with Crippen molar-refractivity contribution in [3.05, 3.63) is 19.8 Å². The van der Waals surface area contributed by atoms with Gasteiger partial charge in [-0.1, -0.05) is 46.6 Å². The summed E-state index contributed by atoms with van der Waals surface area (Å²) in [5.74, 6) is 0. The Morgan fingerprint density at radius 2 is 2.00 bits per heavy atom. The van der Waals surface area contributed by atoms with Crippen LogP contribution in [0.1, 0.15) is 6.92 Å². The molecule has 0 unspecified atom stereocenters. The van der Waals surface area contributed by atoms with Crippen LogP contribution in [0.5, 0.6) is 0 Å². The molecule has 0 aliphatic rings. The summed E-state index contributed by atoms with van der Waals surface area (Å²) < 4.78 is 0.352. The number of carbonyl (C=O) groups is 1. The fourth-order valence-corrected chi connectivity index (χ4v) is 1.25. The van der Waals surface area contributed by atoms with Crippen LogP contribution in [-0.4, -0.2) is 6.29 Å². The number of aldehydes is 1. The summed E-state index contributed by atoms with van der Waals surface area (Å²) in [6.45, 7) is 1.63. The molecule has 0 radical (unpaired) electrons. The topological polar surface area (TPSA) is 17.1 Å². The molecule has 0 saturated heterocycles. The Labute approximate surface area is 84.4 Å². The molecule has 0 bridgehead atoms. The maximum atomic E-state index is 10.2. The monoisotopic (exact) mass is 230 g/mol. The van der Waals surface area contributed by atoms with Gasteiger partial charge in [-0.15, -0.1) is 0 Å². The van der Waals surface area contributed by atoms with Gasteiger partial charge in [-0.05, 0) is 6.92 Å². The van der Waals surface area contributed by atoms with E-state index in [1.165, 1.54) is 0 Å². The van der Waals surface area contributed by atoms with Crippen molar-refractivity contribution in [2.45, 2.75) is 6.92 Å². The highest BCUT2D eigenvalue weighted by atomic mass is 35.5. The highest BCUT2D eigenvalue weighted by Gasteiger charge is 2.01. The molecule has 0 aromatic rings. The standard InChI is InChI=1S/C6H5Cl3OS/c1-4(8)6(9)11-5(2-7)3-10/h2-3H,1H3/b5-2+,6-4+. The molecule has 0 aromatic heterocycles. The molecule has 0 aliphatic heterocycles. The van der Waals surface area contributed by atoms with E-state index in [9.17, 15) is 4.79 Å². The third-order valence-electron chi connectivity index (χ3n) is 0.702. The van der Waals surface area contributed by atoms with Crippen LogP contribution in [0.3, 0.4) is 0 Å². The van der Waals surface area contributed by atoms with Gasteiger partial charge in [-0.2, -0.15) is 0 Å². The van der Waals surface area contributed by atoms with Crippen molar-refractivity contribution in [1.29, 1.82) is 0 Å². The second kappa shape index (κ2) is 5.95. The molecule has 0 atom stereocenters. The Balaban J connectivity index is 4.26. The van der Waals surface area contributed by atoms with E-state index in [0.29, 0.717) is 20.6 Å². The van der Waals surface area contributed by atoms with E-state index in [1.807, 2.05) is 0 Å². The lowest BCUT2D eigenvalue weighted by Gasteiger charge is -1.96. The number of rotatable bonds is 3. The fourth-order valence-electron chi connectivity index (χ4n) is 0.246. The van der Waals surface area contributed by atoms with E-state index in [1.54, 1.807) is 6.92 Å². The number of halogens is 3. The lowest BCUT2D eigenvalue weighted by Crippen LogP contribution is -1.75. The van der Waals surface area contributed by atoms with Crippen molar-refractivity contribution in [1.82, 2.24) is 0 Å². The number of hydrogen-bond donors (Lipinski definition) is 0. The molecule has 0 aliphatic carbocycles. The van der Waals surface area contributed by atoms with Gasteiger partial charge in [0.15, 0.2) is 6.29 Å². The lowest BCUT2D eigenvalue weighted by molar-refractivity contribution is -0.104. The average molecular weight is 232 g/mol. The van der Waals surface area contributed by atoms with Gasteiger partial charge < -0.3 is 0 Å². The molecule has 0 rings (SSSR count). The maximum absolute atomic E-state index is 10.2. The van der Waals surface area contributed by atoms with Crippen molar-refractivity contribution in [3.8, 4) is 0 Å². The maximum Gasteiger partial charge on any atom is 0.157 e. The molecule has 0 amide bonds. The summed E-state index contributed by atoms with van der Waals surface area (Å²) >= 11 is 17.5. The second-order valence-electron chi connectivity index (χ2n) is 1.54. The highest BCUT2D eigenvalue weighted by Crippen LogP contribution is 2.31. The van der Waals surface area contributed by atoms with Gasteiger partial charge in [-0.25, -0.2) is 0 Å². The molecule has 0 saturated carbocycles. The zero-order valence-corrected chi connectivity index (χ0v) is 8.69. The summed E-state index contributed by atoms with van der Waals surface area (Å²) in [6.07, 6.45) is 0.611. The van der Waals surface area contributed by atoms with Crippen LogP contribution < -0.4 is 0 Å². The van der Waals surface area contributed by atoms with Crippen LogP contribution in [0.25, 0.3) is 0 Å². The Kier molecular flexibility index (Phi) is 6.15. The number of thioether (sulfide) groups is 1. The van der Waals surface area contributed by atoms with Gasteiger partial charge >= 0.3 is 0 Å². The van der Waals surface area contributed by atoms with Gasteiger partial charge in [0, 0.05) is 10.6 Å². The minimum Gasteiger partial charge on any atom is -0.297 e. The van der Waals surface area contributed by atoms with Gasteiger partial charge in [-0.3, -0.25) is 4.79 Å². The van der Waals surface area contributed by atoms with E-state index >= 15 is 0 Å². The lowest BCUT2D eigenvalue weighted by atomic mass is 10.7. The van der Waals surface area contributed by atoms with E-state index in [4.69, 9.17) is 34.8 Å². The van der Waals surface area contributed by atoms with Gasteiger partial charge in [0.25, 0.3) is 0 Å². The van der Waals surface area contributed by atoms with Crippen molar-refractivity contribution in [3.63, 3.8) is 0 Å². The van der Waals surface area contributed by atoms with Gasteiger partial charge in [0.1, 0.15) is 0 Å². The quantitative estimate of drug-likeness (QED) is 0.545. The first-order chi connectivity index (χ1) is 5.11. The summed E-state index contributed by atoms with van der Waals surface area (Å²) in [4.78, 5) is 10.5. The summed E-state index contributed by atoms with van der Waals surface area (Å²) in [7, 11) is 0. The van der Waals surface area contributed by atoms with E-state index in [2.05, 4.69) is 0 Å². The fraction of sp³-hybridized carbons (Fsp3) is 0.167. The minimum atomic E-state index is 0.330. The summed E-state index contributed by atoms with van der Waals surface area (Å²) in [5.41, 5.74) is 1.15. The number of allylic oxidation sites excluding steroid dienone is 2. The SMILES string of the molecule is C/C(Cl)=C(/Cl)S/C(C=O)=C/Cl. The molecule has 0 N–H and O–H groups in total. The van der Waals surface area contributed by atoms with Crippen molar-refractivity contribution in [2.24, 2.45) is 0 Å². The zero-order valence-electron chi connectivity index (χ0n) is 5.61. The van der Waals surface area contributed by atoms with Crippen LogP contribution in [-0.2, 0) is 4.79 Å². The third-order valence-corrected chi connectivity index (χ3v) is 2.91. The first-order valence-corrected chi connectivity index (χ1v) is 4.58. The molecule has 0 fully saturated rings. The minimum absolute atomic E-state index is 0.330. The molecule has 1 nitrogen and oxygen atoms in total. The first-order valence-electron chi connectivity index (χ1n) is 2.57. The van der Waals surface area contributed by atoms with Crippen LogP contribution in [0.2, 0.25) is 0 Å². The van der Waals surface area contributed by atoms with Gasteiger partial charge in [0.2, 0.25) is 0 Å². The Bertz CT molecular complexity index is 206. The zero-order chi connectivity index (χ0) is 8.85. The normalized spacial score (nSPS) is 14.4. The molecular formula is C6H5Cl3OS.